The normalized spacial score (nSPS) is 24.7. The fourth-order valence-corrected chi connectivity index (χ4v) is 4.38. The number of esters is 3. The molecule has 0 spiro atoms. The van der Waals surface area contributed by atoms with Crippen LogP contribution in [0.1, 0.15) is 84.0 Å². The number of ether oxygens (including phenoxy) is 3. The van der Waals surface area contributed by atoms with Crippen molar-refractivity contribution >= 4 is 35.9 Å². The first kappa shape index (κ1) is 32.6. The van der Waals surface area contributed by atoms with Crippen molar-refractivity contribution < 1.29 is 43.3 Å². The Morgan fingerprint density at radius 1 is 1.07 bits per heavy atom. The summed E-state index contributed by atoms with van der Waals surface area (Å²) in [5.74, 6) is -4.28. The summed E-state index contributed by atoms with van der Waals surface area (Å²) in [5.41, 5.74) is -0.214. The zero-order valence-electron chi connectivity index (χ0n) is 24.1. The van der Waals surface area contributed by atoms with Gasteiger partial charge >= 0.3 is 17.9 Å². The highest BCUT2D eigenvalue weighted by Gasteiger charge is 2.44. The molecular formula is C29H42N2O9. The molecule has 2 rings (SSSR count). The van der Waals surface area contributed by atoms with Gasteiger partial charge in [0.15, 0.2) is 17.9 Å². The average Bonchev–Trinajstić information content (AvgIpc) is 2.94. The van der Waals surface area contributed by atoms with Gasteiger partial charge in [-0.2, -0.15) is 0 Å². The molecule has 7 unspecified atom stereocenters. The van der Waals surface area contributed by atoms with Crippen molar-refractivity contribution in [2.24, 2.45) is 17.8 Å². The predicted molar refractivity (Wildman–Crippen MR) is 146 cm³/mol. The van der Waals surface area contributed by atoms with Crippen LogP contribution in [0.25, 0.3) is 0 Å². The molecule has 1 saturated heterocycles. The van der Waals surface area contributed by atoms with Crippen molar-refractivity contribution in [2.45, 2.75) is 98.0 Å². The quantitative estimate of drug-likeness (QED) is 0.149. The van der Waals surface area contributed by atoms with Gasteiger partial charge in [0.2, 0.25) is 6.41 Å². The van der Waals surface area contributed by atoms with Crippen molar-refractivity contribution in [2.75, 3.05) is 5.32 Å². The van der Waals surface area contributed by atoms with Crippen molar-refractivity contribution in [1.82, 2.24) is 5.32 Å². The number of phenols is 1. The SMILES string of the molecule is CCC(C)CCCC1C(=O)OC(C)C(NC(=O)c2cccc(NC=O)c2O)C(=O)OC(C)C1OC(=O)C(C)CC. The second-order valence-corrected chi connectivity index (χ2v) is 10.5. The maximum atomic E-state index is 13.5. The monoisotopic (exact) mass is 562 g/mol. The minimum atomic E-state index is -1.43. The summed E-state index contributed by atoms with van der Waals surface area (Å²) in [6.07, 6.45) is 0.517. The number of anilines is 1. The molecule has 11 nitrogen and oxygen atoms in total. The lowest BCUT2D eigenvalue weighted by Gasteiger charge is -2.30. The minimum Gasteiger partial charge on any atom is -0.505 e. The third-order valence-corrected chi connectivity index (χ3v) is 7.45. The fraction of sp³-hybridized carbons (Fsp3) is 0.621. The van der Waals surface area contributed by atoms with E-state index in [-0.39, 0.29) is 11.3 Å². The Morgan fingerprint density at radius 3 is 2.38 bits per heavy atom. The van der Waals surface area contributed by atoms with E-state index < -0.39 is 65.8 Å². The Balaban J connectivity index is 2.36. The summed E-state index contributed by atoms with van der Waals surface area (Å²) >= 11 is 0. The summed E-state index contributed by atoms with van der Waals surface area (Å²) < 4.78 is 17.1. The molecule has 1 aromatic rings. The van der Waals surface area contributed by atoms with Gasteiger partial charge in [0.25, 0.3) is 5.91 Å². The first-order valence-electron chi connectivity index (χ1n) is 13.9. The Labute approximate surface area is 235 Å². The summed E-state index contributed by atoms with van der Waals surface area (Å²) in [6.45, 7) is 10.7. The van der Waals surface area contributed by atoms with Gasteiger partial charge in [-0.3, -0.25) is 19.2 Å². The molecule has 3 N–H and O–H groups in total. The summed E-state index contributed by atoms with van der Waals surface area (Å²) in [6, 6.07) is 2.71. The van der Waals surface area contributed by atoms with Crippen LogP contribution in [0, 0.1) is 17.8 Å². The zero-order valence-corrected chi connectivity index (χ0v) is 24.1. The lowest BCUT2D eigenvalue weighted by Crippen LogP contribution is -2.50. The highest BCUT2D eigenvalue weighted by atomic mass is 16.6. The Bertz CT molecular complexity index is 1060. The smallest absolute Gasteiger partial charge is 0.332 e. The highest BCUT2D eigenvalue weighted by Crippen LogP contribution is 2.29. The van der Waals surface area contributed by atoms with E-state index in [4.69, 9.17) is 14.2 Å². The molecule has 40 heavy (non-hydrogen) atoms. The third-order valence-electron chi connectivity index (χ3n) is 7.45. The Morgan fingerprint density at radius 2 is 1.75 bits per heavy atom. The van der Waals surface area contributed by atoms with Gasteiger partial charge in [0.05, 0.1) is 23.1 Å². The van der Waals surface area contributed by atoms with Crippen LogP contribution in [0.5, 0.6) is 5.75 Å². The van der Waals surface area contributed by atoms with Gasteiger partial charge in [-0.1, -0.05) is 53.0 Å². The number of hydrogen-bond acceptors (Lipinski definition) is 9. The van der Waals surface area contributed by atoms with E-state index in [2.05, 4.69) is 24.5 Å². The van der Waals surface area contributed by atoms with Crippen molar-refractivity contribution in [3.05, 3.63) is 23.8 Å². The molecule has 1 aliphatic heterocycles. The molecule has 1 heterocycles. The van der Waals surface area contributed by atoms with E-state index in [0.29, 0.717) is 31.6 Å². The summed E-state index contributed by atoms with van der Waals surface area (Å²) in [7, 11) is 0. The van der Waals surface area contributed by atoms with Crippen LogP contribution in [0.15, 0.2) is 18.2 Å². The standard InChI is InChI=1S/C29H42N2O9/c1-7-16(3)11-9-13-21-25(40-27(35)17(4)8-2)19(6)39-29(37)23(18(5)38-28(21)36)31-26(34)20-12-10-14-22(24(20)33)30-15-32/h10,12,14-19,21,23,25,33H,7-9,11,13H2,1-6H3,(H,30,32)(H,31,34). The molecule has 7 atom stereocenters. The molecule has 222 valence electrons. The van der Waals surface area contributed by atoms with Crippen LogP contribution in [0.4, 0.5) is 5.69 Å². The van der Waals surface area contributed by atoms with E-state index in [9.17, 15) is 29.1 Å². The minimum absolute atomic E-state index is 0.000935. The first-order chi connectivity index (χ1) is 18.9. The zero-order chi connectivity index (χ0) is 30.0. The number of nitrogens with one attached hydrogen (secondary N) is 2. The van der Waals surface area contributed by atoms with Crippen molar-refractivity contribution in [3.8, 4) is 5.75 Å². The van der Waals surface area contributed by atoms with E-state index in [1.807, 2.05) is 6.92 Å². The van der Waals surface area contributed by atoms with E-state index in [1.165, 1.54) is 32.0 Å². The van der Waals surface area contributed by atoms with Gasteiger partial charge in [0, 0.05) is 0 Å². The molecule has 11 heteroatoms. The molecule has 0 aliphatic carbocycles. The van der Waals surface area contributed by atoms with Crippen LogP contribution < -0.4 is 10.6 Å². The second-order valence-electron chi connectivity index (χ2n) is 10.5. The molecule has 0 aromatic heterocycles. The van der Waals surface area contributed by atoms with E-state index in [1.54, 1.807) is 6.92 Å². The van der Waals surface area contributed by atoms with Crippen LogP contribution in [-0.2, 0) is 33.4 Å². The maximum Gasteiger partial charge on any atom is 0.332 e. The molecule has 0 radical (unpaired) electrons. The average molecular weight is 563 g/mol. The number of hydrogen-bond donors (Lipinski definition) is 3. The van der Waals surface area contributed by atoms with E-state index >= 15 is 0 Å². The number of para-hydroxylation sites is 1. The van der Waals surface area contributed by atoms with Crippen LogP contribution in [0.3, 0.4) is 0 Å². The molecular weight excluding hydrogens is 520 g/mol. The molecule has 1 aromatic carbocycles. The van der Waals surface area contributed by atoms with Gasteiger partial charge < -0.3 is 30.0 Å². The van der Waals surface area contributed by atoms with Crippen molar-refractivity contribution in [3.63, 3.8) is 0 Å². The topological polar surface area (TPSA) is 157 Å². The fourth-order valence-electron chi connectivity index (χ4n) is 4.38. The van der Waals surface area contributed by atoms with Gasteiger partial charge in [-0.05, 0) is 44.7 Å². The number of carbonyl (C=O) groups excluding carboxylic acids is 5. The number of carbonyl (C=O) groups is 5. The number of phenolic OH excluding ortho intramolecular Hbond substituents is 1. The molecule has 0 saturated carbocycles. The summed E-state index contributed by atoms with van der Waals surface area (Å²) in [5, 5.41) is 15.2. The number of amides is 2. The lowest BCUT2D eigenvalue weighted by atomic mass is 9.90. The largest absolute Gasteiger partial charge is 0.505 e. The highest BCUT2D eigenvalue weighted by molar-refractivity contribution is 6.01. The van der Waals surface area contributed by atoms with Gasteiger partial charge in [-0.25, -0.2) is 4.79 Å². The van der Waals surface area contributed by atoms with Gasteiger partial charge in [-0.15, -0.1) is 0 Å². The van der Waals surface area contributed by atoms with Crippen LogP contribution in [-0.4, -0.2) is 59.7 Å². The molecule has 1 aliphatic rings. The lowest BCUT2D eigenvalue weighted by molar-refractivity contribution is -0.177. The Hall–Kier alpha value is -3.63. The van der Waals surface area contributed by atoms with Crippen LogP contribution in [0.2, 0.25) is 0 Å². The number of aromatic hydroxyl groups is 1. The summed E-state index contributed by atoms with van der Waals surface area (Å²) in [4.78, 5) is 63.3. The predicted octanol–water partition coefficient (Wildman–Crippen LogP) is 3.73. The number of benzene rings is 1. The molecule has 1 fully saturated rings. The third kappa shape index (κ3) is 8.43. The molecule has 0 bridgehead atoms. The van der Waals surface area contributed by atoms with Crippen molar-refractivity contribution in [1.29, 1.82) is 0 Å². The second kappa shape index (κ2) is 15.2. The Kier molecular flexibility index (Phi) is 12.4. The first-order valence-corrected chi connectivity index (χ1v) is 13.9. The van der Waals surface area contributed by atoms with Crippen LogP contribution >= 0.6 is 0 Å². The molecule has 2 amide bonds. The van der Waals surface area contributed by atoms with E-state index in [0.717, 1.165) is 12.8 Å². The number of cyclic esters (lactones) is 2. The van der Waals surface area contributed by atoms with Gasteiger partial charge in [0.1, 0.15) is 12.2 Å². The number of rotatable bonds is 12. The maximum absolute atomic E-state index is 13.5.